The molecular formula is C12H17NO5S. The van der Waals surface area contributed by atoms with E-state index in [-0.39, 0.29) is 18.7 Å². The normalized spacial score (nSPS) is 11.2. The fourth-order valence-corrected chi connectivity index (χ4v) is 2.53. The molecule has 0 unspecified atom stereocenters. The number of aryl methyl sites for hydroxylation is 1. The zero-order valence-corrected chi connectivity index (χ0v) is 11.4. The Balaban J connectivity index is 2.47. The topological polar surface area (TPSA) is 92.7 Å². The number of carbonyl (C=O) groups is 1. The second-order valence-electron chi connectivity index (χ2n) is 3.96. The minimum atomic E-state index is -3.45. The van der Waals surface area contributed by atoms with E-state index in [9.17, 15) is 13.2 Å². The van der Waals surface area contributed by atoms with Crippen LogP contribution in [-0.2, 0) is 21.2 Å². The summed E-state index contributed by atoms with van der Waals surface area (Å²) in [5.41, 5.74) is 0.850. The van der Waals surface area contributed by atoms with Crippen molar-refractivity contribution in [3.8, 4) is 5.75 Å². The fourth-order valence-electron chi connectivity index (χ4n) is 1.47. The van der Waals surface area contributed by atoms with Crippen molar-refractivity contribution < 1.29 is 23.1 Å². The SMILES string of the molecule is COc1cccc(CCS(=O)(=O)NCCC(=O)O)c1. The van der Waals surface area contributed by atoms with Crippen LogP contribution in [0.15, 0.2) is 24.3 Å². The van der Waals surface area contributed by atoms with Crippen LogP contribution in [0.2, 0.25) is 0 Å². The molecule has 0 aliphatic carbocycles. The average molecular weight is 287 g/mol. The third-order valence-corrected chi connectivity index (χ3v) is 3.84. The Morgan fingerprint density at radius 2 is 2.16 bits per heavy atom. The van der Waals surface area contributed by atoms with E-state index >= 15 is 0 Å². The number of hydrogen-bond donors (Lipinski definition) is 2. The van der Waals surface area contributed by atoms with Crippen LogP contribution in [0.4, 0.5) is 0 Å². The Hall–Kier alpha value is -1.60. The Bertz CT molecular complexity index is 527. The van der Waals surface area contributed by atoms with Crippen molar-refractivity contribution in [2.75, 3.05) is 19.4 Å². The molecule has 0 saturated heterocycles. The number of methoxy groups -OCH3 is 1. The van der Waals surface area contributed by atoms with Crippen molar-refractivity contribution >= 4 is 16.0 Å². The van der Waals surface area contributed by atoms with Crippen LogP contribution in [0.1, 0.15) is 12.0 Å². The van der Waals surface area contributed by atoms with E-state index in [0.717, 1.165) is 5.56 Å². The number of ether oxygens (including phenoxy) is 1. The number of hydrogen-bond acceptors (Lipinski definition) is 4. The summed E-state index contributed by atoms with van der Waals surface area (Å²) in [7, 11) is -1.90. The molecule has 2 N–H and O–H groups in total. The smallest absolute Gasteiger partial charge is 0.304 e. The van der Waals surface area contributed by atoms with Crippen LogP contribution in [0.3, 0.4) is 0 Å². The van der Waals surface area contributed by atoms with E-state index in [1.54, 1.807) is 25.3 Å². The molecule has 0 fully saturated rings. The number of rotatable bonds is 8. The highest BCUT2D eigenvalue weighted by Crippen LogP contribution is 2.13. The van der Waals surface area contributed by atoms with Gasteiger partial charge in [-0.25, -0.2) is 13.1 Å². The highest BCUT2D eigenvalue weighted by molar-refractivity contribution is 7.89. The van der Waals surface area contributed by atoms with Gasteiger partial charge in [0.2, 0.25) is 10.0 Å². The first-order valence-corrected chi connectivity index (χ1v) is 7.40. The molecule has 1 aromatic carbocycles. The van der Waals surface area contributed by atoms with Crippen LogP contribution in [-0.4, -0.2) is 38.9 Å². The molecule has 0 aliphatic heterocycles. The van der Waals surface area contributed by atoms with Crippen LogP contribution in [0.5, 0.6) is 5.75 Å². The van der Waals surface area contributed by atoms with Gasteiger partial charge in [0.1, 0.15) is 5.75 Å². The maximum Gasteiger partial charge on any atom is 0.304 e. The number of carboxylic acid groups (broad SMARTS) is 1. The molecule has 0 heterocycles. The number of carboxylic acids is 1. The molecule has 0 bridgehead atoms. The lowest BCUT2D eigenvalue weighted by Crippen LogP contribution is -2.29. The molecule has 0 amide bonds. The van der Waals surface area contributed by atoms with Crippen molar-refractivity contribution in [3.63, 3.8) is 0 Å². The molecule has 0 spiro atoms. The van der Waals surface area contributed by atoms with Crippen LogP contribution in [0, 0.1) is 0 Å². The standard InChI is InChI=1S/C12H17NO5S/c1-18-11-4-2-3-10(9-11)6-8-19(16,17)13-7-5-12(14)15/h2-4,9,13H,5-8H2,1H3,(H,14,15). The molecule has 0 saturated carbocycles. The van der Waals surface area contributed by atoms with Gasteiger partial charge in [0.05, 0.1) is 19.3 Å². The molecule has 19 heavy (non-hydrogen) atoms. The summed E-state index contributed by atoms with van der Waals surface area (Å²) in [4.78, 5) is 10.3. The molecule has 1 rings (SSSR count). The lowest BCUT2D eigenvalue weighted by molar-refractivity contribution is -0.136. The molecule has 106 valence electrons. The molecule has 6 nitrogen and oxygen atoms in total. The highest BCUT2D eigenvalue weighted by Gasteiger charge is 2.11. The van der Waals surface area contributed by atoms with E-state index < -0.39 is 16.0 Å². The molecule has 0 aromatic heterocycles. The zero-order valence-electron chi connectivity index (χ0n) is 10.6. The van der Waals surface area contributed by atoms with Crippen LogP contribution < -0.4 is 9.46 Å². The maximum absolute atomic E-state index is 11.6. The van der Waals surface area contributed by atoms with E-state index in [2.05, 4.69) is 4.72 Å². The predicted molar refractivity (Wildman–Crippen MR) is 70.7 cm³/mol. The van der Waals surface area contributed by atoms with Gasteiger partial charge >= 0.3 is 5.97 Å². The van der Waals surface area contributed by atoms with Gasteiger partial charge in [-0.05, 0) is 24.1 Å². The fraction of sp³-hybridized carbons (Fsp3) is 0.417. The van der Waals surface area contributed by atoms with Gasteiger partial charge in [-0.2, -0.15) is 0 Å². The summed E-state index contributed by atoms with van der Waals surface area (Å²) < 4.78 is 30.5. The monoisotopic (exact) mass is 287 g/mol. The number of sulfonamides is 1. The van der Waals surface area contributed by atoms with Crippen molar-refractivity contribution in [1.82, 2.24) is 4.72 Å². The van der Waals surface area contributed by atoms with E-state index in [4.69, 9.17) is 9.84 Å². The number of nitrogens with one attached hydrogen (secondary N) is 1. The third-order valence-electron chi connectivity index (χ3n) is 2.45. The molecular weight excluding hydrogens is 270 g/mol. The van der Waals surface area contributed by atoms with Gasteiger partial charge in [0.25, 0.3) is 0 Å². The molecule has 0 radical (unpaired) electrons. The molecule has 1 aromatic rings. The first-order chi connectivity index (χ1) is 8.93. The number of aliphatic carboxylic acids is 1. The molecule has 0 aliphatic rings. The van der Waals surface area contributed by atoms with Gasteiger partial charge < -0.3 is 9.84 Å². The van der Waals surface area contributed by atoms with Gasteiger partial charge in [-0.3, -0.25) is 4.79 Å². The first-order valence-electron chi connectivity index (χ1n) is 5.75. The van der Waals surface area contributed by atoms with Gasteiger partial charge in [0, 0.05) is 6.54 Å². The van der Waals surface area contributed by atoms with Crippen LogP contribution >= 0.6 is 0 Å². The Kier molecular flexibility index (Phi) is 5.78. The van der Waals surface area contributed by atoms with Crippen molar-refractivity contribution in [3.05, 3.63) is 29.8 Å². The van der Waals surface area contributed by atoms with Crippen LogP contribution in [0.25, 0.3) is 0 Å². The second kappa shape index (κ2) is 7.10. The lowest BCUT2D eigenvalue weighted by atomic mass is 10.2. The Labute approximate surface area is 112 Å². The minimum Gasteiger partial charge on any atom is -0.497 e. The Morgan fingerprint density at radius 3 is 2.79 bits per heavy atom. The van der Waals surface area contributed by atoms with Gasteiger partial charge in [0.15, 0.2) is 0 Å². The molecule has 7 heteroatoms. The first kappa shape index (κ1) is 15.5. The summed E-state index contributed by atoms with van der Waals surface area (Å²) in [6, 6.07) is 7.16. The van der Waals surface area contributed by atoms with Gasteiger partial charge in [-0.1, -0.05) is 12.1 Å². The van der Waals surface area contributed by atoms with Crippen molar-refractivity contribution in [2.45, 2.75) is 12.8 Å². The summed E-state index contributed by atoms with van der Waals surface area (Å²) in [5.74, 6) is -0.441. The predicted octanol–water partition coefficient (Wildman–Crippen LogP) is 0.632. The van der Waals surface area contributed by atoms with Crippen molar-refractivity contribution in [2.24, 2.45) is 0 Å². The third kappa shape index (κ3) is 6.21. The maximum atomic E-state index is 11.6. The highest BCUT2D eigenvalue weighted by atomic mass is 32.2. The lowest BCUT2D eigenvalue weighted by Gasteiger charge is -2.06. The minimum absolute atomic E-state index is 0.0835. The summed E-state index contributed by atoms with van der Waals surface area (Å²) in [6.07, 6.45) is 0.123. The van der Waals surface area contributed by atoms with E-state index in [1.807, 2.05) is 6.07 Å². The largest absolute Gasteiger partial charge is 0.497 e. The zero-order chi connectivity index (χ0) is 14.3. The van der Waals surface area contributed by atoms with E-state index in [1.165, 1.54) is 0 Å². The van der Waals surface area contributed by atoms with E-state index in [0.29, 0.717) is 12.2 Å². The van der Waals surface area contributed by atoms with Gasteiger partial charge in [-0.15, -0.1) is 0 Å². The summed E-state index contributed by atoms with van der Waals surface area (Å²) >= 11 is 0. The molecule has 0 atom stereocenters. The Morgan fingerprint density at radius 1 is 1.42 bits per heavy atom. The number of benzene rings is 1. The summed E-state index contributed by atoms with van der Waals surface area (Å²) in [6.45, 7) is -0.0875. The second-order valence-corrected chi connectivity index (χ2v) is 5.88. The van der Waals surface area contributed by atoms with Crippen molar-refractivity contribution in [1.29, 1.82) is 0 Å². The average Bonchev–Trinajstić information content (AvgIpc) is 2.36. The quantitative estimate of drug-likeness (QED) is 0.731. The summed E-state index contributed by atoms with van der Waals surface area (Å²) in [5, 5.41) is 8.43.